The standard InChI is InChI=1S/C21H20ClNO4S/c1-12-6-16-14(8-21(25)27-19(16)7-13(12)2)10-28-11-20(24)23-17-9-15(22)4-5-18(17)26-3/h4-9H,10-11H2,1-3H3,(H,23,24). The van der Waals surface area contributed by atoms with E-state index in [0.29, 0.717) is 27.8 Å². The lowest BCUT2D eigenvalue weighted by atomic mass is 10.0. The van der Waals surface area contributed by atoms with Crippen molar-refractivity contribution in [2.45, 2.75) is 19.6 Å². The van der Waals surface area contributed by atoms with Crippen LogP contribution in [0.2, 0.25) is 5.02 Å². The van der Waals surface area contributed by atoms with E-state index in [0.717, 1.165) is 22.1 Å². The SMILES string of the molecule is COc1ccc(Cl)cc1NC(=O)CSCc1cc(=O)oc2cc(C)c(C)cc12. The van der Waals surface area contributed by atoms with Gasteiger partial charge in [0.05, 0.1) is 18.6 Å². The molecule has 1 N–H and O–H groups in total. The molecule has 0 aliphatic carbocycles. The van der Waals surface area contributed by atoms with Crippen LogP contribution < -0.4 is 15.7 Å². The van der Waals surface area contributed by atoms with Gasteiger partial charge in [-0.15, -0.1) is 11.8 Å². The Morgan fingerprint density at radius 1 is 1.18 bits per heavy atom. The molecule has 0 aliphatic rings. The van der Waals surface area contributed by atoms with Crippen LogP contribution in [-0.4, -0.2) is 18.8 Å². The number of methoxy groups -OCH3 is 1. The highest BCUT2D eigenvalue weighted by Gasteiger charge is 2.11. The van der Waals surface area contributed by atoms with Crippen LogP contribution in [0.15, 0.2) is 45.6 Å². The zero-order chi connectivity index (χ0) is 20.3. The first-order chi connectivity index (χ1) is 13.4. The Labute approximate surface area is 172 Å². The summed E-state index contributed by atoms with van der Waals surface area (Å²) in [4.78, 5) is 24.2. The maximum Gasteiger partial charge on any atom is 0.336 e. The number of nitrogens with one attached hydrogen (secondary N) is 1. The van der Waals surface area contributed by atoms with Crippen LogP contribution in [0, 0.1) is 13.8 Å². The average Bonchev–Trinajstić information content (AvgIpc) is 2.63. The summed E-state index contributed by atoms with van der Waals surface area (Å²) in [7, 11) is 1.53. The van der Waals surface area contributed by atoms with Gasteiger partial charge < -0.3 is 14.5 Å². The summed E-state index contributed by atoms with van der Waals surface area (Å²) >= 11 is 7.40. The smallest absolute Gasteiger partial charge is 0.336 e. The van der Waals surface area contributed by atoms with Gasteiger partial charge in [0.25, 0.3) is 0 Å². The summed E-state index contributed by atoms with van der Waals surface area (Å²) in [5.41, 5.74) is 3.75. The zero-order valence-electron chi connectivity index (χ0n) is 15.8. The highest BCUT2D eigenvalue weighted by atomic mass is 35.5. The van der Waals surface area contributed by atoms with Crippen molar-refractivity contribution in [3.63, 3.8) is 0 Å². The number of aryl methyl sites for hydroxylation is 2. The van der Waals surface area contributed by atoms with E-state index in [-0.39, 0.29) is 17.3 Å². The van der Waals surface area contributed by atoms with E-state index in [1.54, 1.807) is 18.2 Å². The van der Waals surface area contributed by atoms with Gasteiger partial charge in [-0.25, -0.2) is 4.79 Å². The van der Waals surface area contributed by atoms with Gasteiger partial charge in [0, 0.05) is 22.2 Å². The molecule has 1 aromatic heterocycles. The lowest BCUT2D eigenvalue weighted by Gasteiger charge is -2.11. The molecule has 2 aromatic carbocycles. The minimum atomic E-state index is -0.389. The predicted molar refractivity (Wildman–Crippen MR) is 115 cm³/mol. The molecule has 0 atom stereocenters. The Hall–Kier alpha value is -2.44. The number of carbonyl (C=O) groups excluding carboxylic acids is 1. The van der Waals surface area contributed by atoms with E-state index in [9.17, 15) is 9.59 Å². The summed E-state index contributed by atoms with van der Waals surface area (Å²) in [5.74, 6) is 1.11. The van der Waals surface area contributed by atoms with Gasteiger partial charge in [-0.3, -0.25) is 4.79 Å². The topological polar surface area (TPSA) is 68.5 Å². The lowest BCUT2D eigenvalue weighted by molar-refractivity contribution is -0.113. The lowest BCUT2D eigenvalue weighted by Crippen LogP contribution is -2.15. The van der Waals surface area contributed by atoms with Crippen LogP contribution in [0.5, 0.6) is 5.75 Å². The maximum atomic E-state index is 12.3. The molecule has 1 amide bonds. The molecule has 0 saturated carbocycles. The van der Waals surface area contributed by atoms with Gasteiger partial charge in [0.2, 0.25) is 5.91 Å². The average molecular weight is 418 g/mol. The number of halogens is 1. The first-order valence-electron chi connectivity index (χ1n) is 8.62. The molecule has 3 rings (SSSR count). The van der Waals surface area contributed by atoms with E-state index >= 15 is 0 Å². The third-order valence-corrected chi connectivity index (χ3v) is 5.59. The molecule has 0 aliphatic heterocycles. The number of hydrogen-bond acceptors (Lipinski definition) is 5. The number of amides is 1. The predicted octanol–water partition coefficient (Wildman–Crippen LogP) is 4.94. The molecule has 3 aromatic rings. The second-order valence-corrected chi connectivity index (χ2v) is 7.83. The van der Waals surface area contributed by atoms with Gasteiger partial charge in [-0.1, -0.05) is 11.6 Å². The Bertz CT molecular complexity index is 1090. The minimum Gasteiger partial charge on any atom is -0.495 e. The molecule has 5 nitrogen and oxygen atoms in total. The van der Waals surface area contributed by atoms with Gasteiger partial charge >= 0.3 is 5.63 Å². The van der Waals surface area contributed by atoms with Crippen LogP contribution in [0.25, 0.3) is 11.0 Å². The maximum absolute atomic E-state index is 12.3. The molecular formula is C21H20ClNO4S. The number of hydrogen-bond donors (Lipinski definition) is 1. The zero-order valence-corrected chi connectivity index (χ0v) is 17.4. The van der Waals surface area contributed by atoms with Crippen LogP contribution in [0.3, 0.4) is 0 Å². The Morgan fingerprint density at radius 3 is 2.68 bits per heavy atom. The first-order valence-corrected chi connectivity index (χ1v) is 10.2. The second-order valence-electron chi connectivity index (χ2n) is 6.41. The van der Waals surface area contributed by atoms with Crippen LogP contribution in [-0.2, 0) is 10.5 Å². The molecule has 0 unspecified atom stereocenters. The van der Waals surface area contributed by atoms with E-state index in [4.69, 9.17) is 20.8 Å². The highest BCUT2D eigenvalue weighted by Crippen LogP contribution is 2.28. The monoisotopic (exact) mass is 417 g/mol. The van der Waals surface area contributed by atoms with E-state index < -0.39 is 0 Å². The molecule has 0 spiro atoms. The van der Waals surface area contributed by atoms with E-state index in [1.807, 2.05) is 26.0 Å². The molecule has 28 heavy (non-hydrogen) atoms. The van der Waals surface area contributed by atoms with Gasteiger partial charge in [-0.05, 0) is 60.9 Å². The van der Waals surface area contributed by atoms with Crippen molar-refractivity contribution in [2.75, 3.05) is 18.2 Å². The number of rotatable bonds is 6. The molecule has 0 bridgehead atoms. The fourth-order valence-electron chi connectivity index (χ4n) is 2.82. The van der Waals surface area contributed by atoms with Crippen molar-refractivity contribution in [3.8, 4) is 5.75 Å². The van der Waals surface area contributed by atoms with Crippen molar-refractivity contribution >= 4 is 45.9 Å². The van der Waals surface area contributed by atoms with E-state index in [2.05, 4.69) is 5.32 Å². The molecule has 7 heteroatoms. The fraction of sp³-hybridized carbons (Fsp3) is 0.238. The Morgan fingerprint density at radius 2 is 1.93 bits per heavy atom. The third kappa shape index (κ3) is 4.69. The number of thioether (sulfide) groups is 1. The van der Waals surface area contributed by atoms with Gasteiger partial charge in [0.15, 0.2) is 0 Å². The highest BCUT2D eigenvalue weighted by molar-refractivity contribution is 7.99. The molecular weight excluding hydrogens is 398 g/mol. The second kappa shape index (κ2) is 8.71. The first kappa shape index (κ1) is 20.3. The van der Waals surface area contributed by atoms with Crippen molar-refractivity contribution in [1.29, 1.82) is 0 Å². The quantitative estimate of drug-likeness (QED) is 0.575. The summed E-state index contributed by atoms with van der Waals surface area (Å²) in [6.07, 6.45) is 0. The summed E-state index contributed by atoms with van der Waals surface area (Å²) in [6.45, 7) is 3.99. The van der Waals surface area contributed by atoms with Crippen LogP contribution in [0.4, 0.5) is 5.69 Å². The largest absolute Gasteiger partial charge is 0.495 e. The molecule has 146 valence electrons. The van der Waals surface area contributed by atoms with Gasteiger partial charge in [0.1, 0.15) is 11.3 Å². The number of ether oxygens (including phenoxy) is 1. The number of fused-ring (bicyclic) bond motifs is 1. The minimum absolute atomic E-state index is 0.176. The van der Waals surface area contributed by atoms with Crippen LogP contribution >= 0.6 is 23.4 Å². The summed E-state index contributed by atoms with van der Waals surface area (Å²) < 4.78 is 10.5. The van der Waals surface area contributed by atoms with E-state index in [1.165, 1.54) is 24.9 Å². The van der Waals surface area contributed by atoms with Crippen LogP contribution in [0.1, 0.15) is 16.7 Å². The summed E-state index contributed by atoms with van der Waals surface area (Å²) in [5, 5.41) is 4.21. The number of anilines is 1. The van der Waals surface area contributed by atoms with Crippen molar-refractivity contribution in [2.24, 2.45) is 0 Å². The summed E-state index contributed by atoms with van der Waals surface area (Å²) in [6, 6.07) is 10.4. The number of benzene rings is 2. The van der Waals surface area contributed by atoms with Crippen molar-refractivity contribution in [3.05, 3.63) is 68.5 Å². The van der Waals surface area contributed by atoms with Gasteiger partial charge in [-0.2, -0.15) is 0 Å². The Balaban J connectivity index is 1.70. The fourth-order valence-corrected chi connectivity index (χ4v) is 3.81. The molecule has 0 radical (unpaired) electrons. The molecule has 1 heterocycles. The Kier molecular flexibility index (Phi) is 6.31. The molecule has 0 saturated heterocycles. The van der Waals surface area contributed by atoms with Crippen molar-refractivity contribution < 1.29 is 13.9 Å². The molecule has 0 fully saturated rings. The van der Waals surface area contributed by atoms with Crippen molar-refractivity contribution in [1.82, 2.24) is 0 Å². The number of carbonyl (C=O) groups is 1. The normalized spacial score (nSPS) is 10.9. The third-order valence-electron chi connectivity index (χ3n) is 4.37.